The summed E-state index contributed by atoms with van der Waals surface area (Å²) >= 11 is 0. The van der Waals surface area contributed by atoms with Gasteiger partial charge in [0.15, 0.2) is 0 Å². The topological polar surface area (TPSA) is 85.9 Å². The van der Waals surface area contributed by atoms with Crippen LogP contribution in [0.3, 0.4) is 0 Å². The van der Waals surface area contributed by atoms with E-state index in [-0.39, 0.29) is 5.69 Å². The molecular formula is C6H8N2O3. The van der Waals surface area contributed by atoms with Crippen molar-refractivity contribution < 1.29 is 5.11 Å². The van der Waals surface area contributed by atoms with Crippen LogP contribution in [0.15, 0.2) is 15.7 Å². The summed E-state index contributed by atoms with van der Waals surface area (Å²) in [7, 11) is 0. The molecule has 1 unspecified atom stereocenters. The highest BCUT2D eigenvalue weighted by Crippen LogP contribution is 2.01. The second-order valence-corrected chi connectivity index (χ2v) is 2.22. The summed E-state index contributed by atoms with van der Waals surface area (Å²) in [5, 5.41) is 8.95. The minimum atomic E-state index is -0.829. The van der Waals surface area contributed by atoms with Crippen molar-refractivity contribution in [2.45, 2.75) is 13.0 Å². The molecule has 5 heteroatoms. The number of hydrogen-bond acceptors (Lipinski definition) is 3. The molecular weight excluding hydrogens is 148 g/mol. The second-order valence-electron chi connectivity index (χ2n) is 2.22. The number of aromatic nitrogens is 2. The molecule has 5 nitrogen and oxygen atoms in total. The van der Waals surface area contributed by atoms with E-state index in [2.05, 4.69) is 4.98 Å². The summed E-state index contributed by atoms with van der Waals surface area (Å²) in [5.41, 5.74) is -0.892. The lowest BCUT2D eigenvalue weighted by atomic mass is 10.3. The van der Waals surface area contributed by atoms with E-state index >= 15 is 0 Å². The van der Waals surface area contributed by atoms with E-state index in [9.17, 15) is 9.59 Å². The van der Waals surface area contributed by atoms with Crippen LogP contribution in [0.25, 0.3) is 0 Å². The lowest BCUT2D eigenvalue weighted by Crippen LogP contribution is -2.23. The van der Waals surface area contributed by atoms with Crippen molar-refractivity contribution in [1.29, 1.82) is 0 Å². The highest BCUT2D eigenvalue weighted by molar-refractivity contribution is 5.00. The van der Waals surface area contributed by atoms with Crippen LogP contribution in [0.4, 0.5) is 0 Å². The third kappa shape index (κ3) is 1.78. The molecule has 0 radical (unpaired) electrons. The summed E-state index contributed by atoms with van der Waals surface area (Å²) in [6.07, 6.45) is -0.829. The fourth-order valence-corrected chi connectivity index (χ4v) is 0.713. The number of aliphatic hydroxyl groups excluding tert-OH is 1. The Kier molecular flexibility index (Phi) is 1.91. The van der Waals surface area contributed by atoms with Crippen LogP contribution in [0.2, 0.25) is 0 Å². The van der Waals surface area contributed by atoms with Gasteiger partial charge >= 0.3 is 5.69 Å². The van der Waals surface area contributed by atoms with Crippen molar-refractivity contribution in [3.8, 4) is 0 Å². The molecule has 1 aromatic rings. The molecule has 0 saturated heterocycles. The van der Waals surface area contributed by atoms with Crippen molar-refractivity contribution in [2.24, 2.45) is 0 Å². The van der Waals surface area contributed by atoms with E-state index in [0.717, 1.165) is 6.07 Å². The minimum Gasteiger partial charge on any atom is -0.387 e. The zero-order valence-electron chi connectivity index (χ0n) is 5.92. The van der Waals surface area contributed by atoms with Gasteiger partial charge in [-0.15, -0.1) is 0 Å². The van der Waals surface area contributed by atoms with Gasteiger partial charge in [-0.25, -0.2) is 4.79 Å². The molecule has 1 rings (SSSR count). The first-order chi connectivity index (χ1) is 5.09. The summed E-state index contributed by atoms with van der Waals surface area (Å²) in [6.45, 7) is 1.46. The average molecular weight is 156 g/mol. The van der Waals surface area contributed by atoms with Gasteiger partial charge in [-0.1, -0.05) is 0 Å². The molecule has 0 aliphatic rings. The molecule has 60 valence electrons. The number of nitrogens with one attached hydrogen (secondary N) is 2. The third-order valence-corrected chi connectivity index (χ3v) is 1.23. The summed E-state index contributed by atoms with van der Waals surface area (Å²) in [6, 6.07) is 1.14. The molecule has 1 aromatic heterocycles. The molecule has 0 amide bonds. The largest absolute Gasteiger partial charge is 0.387 e. The van der Waals surface area contributed by atoms with Gasteiger partial charge < -0.3 is 10.1 Å². The van der Waals surface area contributed by atoms with Gasteiger partial charge in [-0.05, 0) is 6.92 Å². The smallest absolute Gasteiger partial charge is 0.325 e. The van der Waals surface area contributed by atoms with Crippen LogP contribution >= 0.6 is 0 Å². The van der Waals surface area contributed by atoms with Gasteiger partial charge in [0.1, 0.15) is 0 Å². The maximum Gasteiger partial charge on any atom is 0.325 e. The average Bonchev–Trinajstić information content (AvgIpc) is 1.85. The molecule has 0 spiro atoms. The zero-order valence-corrected chi connectivity index (χ0v) is 5.92. The molecule has 0 fully saturated rings. The highest BCUT2D eigenvalue weighted by atomic mass is 16.3. The Bertz CT molecular complexity index is 321. The maximum absolute atomic E-state index is 10.6. The van der Waals surface area contributed by atoms with E-state index in [1.165, 1.54) is 6.92 Å². The predicted molar refractivity (Wildman–Crippen MR) is 38.3 cm³/mol. The Morgan fingerprint density at radius 3 is 2.55 bits per heavy atom. The van der Waals surface area contributed by atoms with Crippen molar-refractivity contribution in [3.05, 3.63) is 32.6 Å². The quantitative estimate of drug-likeness (QED) is 0.493. The van der Waals surface area contributed by atoms with Crippen molar-refractivity contribution in [2.75, 3.05) is 0 Å². The van der Waals surface area contributed by atoms with E-state index in [1.807, 2.05) is 4.98 Å². The third-order valence-electron chi connectivity index (χ3n) is 1.23. The monoisotopic (exact) mass is 156 g/mol. The van der Waals surface area contributed by atoms with Gasteiger partial charge in [0.05, 0.1) is 11.8 Å². The maximum atomic E-state index is 10.6. The molecule has 0 aromatic carbocycles. The van der Waals surface area contributed by atoms with E-state index in [4.69, 9.17) is 5.11 Å². The normalized spacial score (nSPS) is 12.9. The van der Waals surface area contributed by atoms with Gasteiger partial charge in [0, 0.05) is 6.07 Å². The molecule has 0 saturated carbocycles. The Balaban J connectivity index is 3.30. The summed E-state index contributed by atoms with van der Waals surface area (Å²) < 4.78 is 0. The van der Waals surface area contributed by atoms with E-state index < -0.39 is 17.4 Å². The Labute approximate surface area is 61.7 Å². The number of hydrogen-bond donors (Lipinski definition) is 3. The lowest BCUT2D eigenvalue weighted by molar-refractivity contribution is 0.193. The van der Waals surface area contributed by atoms with Crippen LogP contribution in [0.1, 0.15) is 18.7 Å². The second kappa shape index (κ2) is 2.71. The Morgan fingerprint density at radius 1 is 1.45 bits per heavy atom. The number of H-pyrrole nitrogens is 2. The van der Waals surface area contributed by atoms with Gasteiger partial charge in [-0.2, -0.15) is 0 Å². The first-order valence-electron chi connectivity index (χ1n) is 3.11. The predicted octanol–water partition coefficient (Wildman–Crippen LogP) is -0.884. The molecule has 1 heterocycles. The van der Waals surface area contributed by atoms with Crippen LogP contribution < -0.4 is 11.2 Å². The molecule has 1 atom stereocenters. The van der Waals surface area contributed by atoms with E-state index in [0.29, 0.717) is 0 Å². The number of rotatable bonds is 1. The first-order valence-corrected chi connectivity index (χ1v) is 3.11. The van der Waals surface area contributed by atoms with Crippen LogP contribution in [-0.2, 0) is 0 Å². The Hall–Kier alpha value is -1.36. The zero-order chi connectivity index (χ0) is 8.43. The number of aromatic amines is 2. The SMILES string of the molecule is CC(O)c1cc(=O)[nH]c(=O)[nH]1. The van der Waals surface area contributed by atoms with Crippen molar-refractivity contribution >= 4 is 0 Å². The molecule has 0 aliphatic heterocycles. The van der Waals surface area contributed by atoms with Gasteiger partial charge in [0.25, 0.3) is 5.56 Å². The van der Waals surface area contributed by atoms with Gasteiger partial charge in [-0.3, -0.25) is 9.78 Å². The molecule has 11 heavy (non-hydrogen) atoms. The van der Waals surface area contributed by atoms with E-state index in [1.54, 1.807) is 0 Å². The Morgan fingerprint density at radius 2 is 2.09 bits per heavy atom. The fourth-order valence-electron chi connectivity index (χ4n) is 0.713. The summed E-state index contributed by atoms with van der Waals surface area (Å²) in [5.74, 6) is 0. The number of aliphatic hydroxyl groups is 1. The van der Waals surface area contributed by atoms with Crippen molar-refractivity contribution in [3.63, 3.8) is 0 Å². The standard InChI is InChI=1S/C6H8N2O3/c1-3(9)4-2-5(10)8-6(11)7-4/h2-3,9H,1H3,(H2,7,8,10,11). The van der Waals surface area contributed by atoms with Crippen LogP contribution in [0.5, 0.6) is 0 Å². The van der Waals surface area contributed by atoms with Crippen molar-refractivity contribution in [1.82, 2.24) is 9.97 Å². The lowest BCUT2D eigenvalue weighted by Gasteiger charge is -2.00. The highest BCUT2D eigenvalue weighted by Gasteiger charge is 2.01. The summed E-state index contributed by atoms with van der Waals surface area (Å²) in [4.78, 5) is 25.5. The first kappa shape index (κ1) is 7.74. The molecule has 0 bridgehead atoms. The van der Waals surface area contributed by atoms with Crippen LogP contribution in [-0.4, -0.2) is 15.1 Å². The molecule has 3 N–H and O–H groups in total. The fraction of sp³-hybridized carbons (Fsp3) is 0.333. The minimum absolute atomic E-state index is 0.221. The van der Waals surface area contributed by atoms with Gasteiger partial charge in [0.2, 0.25) is 0 Å². The van der Waals surface area contributed by atoms with Crippen LogP contribution in [0, 0.1) is 0 Å². The molecule has 0 aliphatic carbocycles.